The number of fused-ring (bicyclic) bond motifs is 1. The molecule has 1 heterocycles. The summed E-state index contributed by atoms with van der Waals surface area (Å²) in [5.74, 6) is 0.693. The van der Waals surface area contributed by atoms with Gasteiger partial charge in [-0.3, -0.25) is 0 Å². The van der Waals surface area contributed by atoms with Crippen molar-refractivity contribution in [3.05, 3.63) is 24.5 Å². The fourth-order valence-corrected chi connectivity index (χ4v) is 1.47. The van der Waals surface area contributed by atoms with E-state index in [0.29, 0.717) is 11.5 Å². The number of benzene rings is 1. The predicted molar refractivity (Wildman–Crippen MR) is 64.1 cm³/mol. The largest absolute Gasteiger partial charge is 0.399 e. The maximum absolute atomic E-state index is 8.99. The summed E-state index contributed by atoms with van der Waals surface area (Å²) in [4.78, 5) is 8.29. The normalized spacial score (nSPS) is 12.6. The minimum atomic E-state index is -0.0560. The lowest BCUT2D eigenvalue weighted by Crippen LogP contribution is -2.20. The first kappa shape index (κ1) is 10.6. The number of nitrogens with zero attached hydrogens (tertiary/aromatic N) is 2. The van der Waals surface area contributed by atoms with Gasteiger partial charge in [0.15, 0.2) is 0 Å². The number of aliphatic hydroxyl groups excluding tert-OH is 1. The molecule has 1 aromatic carbocycles. The van der Waals surface area contributed by atoms with E-state index in [1.165, 1.54) is 6.33 Å². The summed E-state index contributed by atoms with van der Waals surface area (Å²) in [6, 6.07) is 5.41. The summed E-state index contributed by atoms with van der Waals surface area (Å²) in [6.45, 7) is 1.92. The Morgan fingerprint density at radius 2 is 2.25 bits per heavy atom. The third kappa shape index (κ3) is 2.04. The van der Waals surface area contributed by atoms with Gasteiger partial charge in [0.25, 0.3) is 0 Å². The number of anilines is 2. The van der Waals surface area contributed by atoms with Gasteiger partial charge in [0, 0.05) is 17.1 Å². The first-order chi connectivity index (χ1) is 7.70. The van der Waals surface area contributed by atoms with Crippen LogP contribution < -0.4 is 11.1 Å². The molecule has 1 atom stereocenters. The van der Waals surface area contributed by atoms with E-state index in [-0.39, 0.29) is 12.6 Å². The Labute approximate surface area is 93.3 Å². The predicted octanol–water partition coefficient (Wildman–Crippen LogP) is 1.00. The summed E-state index contributed by atoms with van der Waals surface area (Å²) in [5.41, 5.74) is 7.22. The molecule has 84 valence electrons. The van der Waals surface area contributed by atoms with Gasteiger partial charge >= 0.3 is 0 Å². The van der Waals surface area contributed by atoms with Crippen molar-refractivity contribution in [1.29, 1.82) is 0 Å². The summed E-state index contributed by atoms with van der Waals surface area (Å²) in [5, 5.41) is 13.0. The maximum atomic E-state index is 8.99. The van der Waals surface area contributed by atoms with Crippen LogP contribution in [0.15, 0.2) is 24.5 Å². The molecule has 0 fully saturated rings. The monoisotopic (exact) mass is 218 g/mol. The molecule has 0 saturated heterocycles. The van der Waals surface area contributed by atoms with Gasteiger partial charge in [0.05, 0.1) is 12.1 Å². The lowest BCUT2D eigenvalue weighted by molar-refractivity contribution is 0.281. The molecule has 2 rings (SSSR count). The van der Waals surface area contributed by atoms with Crippen molar-refractivity contribution in [2.45, 2.75) is 13.0 Å². The summed E-state index contributed by atoms with van der Waals surface area (Å²) in [6.07, 6.45) is 1.49. The van der Waals surface area contributed by atoms with Gasteiger partial charge in [-0.25, -0.2) is 9.97 Å². The highest BCUT2D eigenvalue weighted by Gasteiger charge is 2.06. The topological polar surface area (TPSA) is 84.1 Å². The van der Waals surface area contributed by atoms with Crippen molar-refractivity contribution in [3.8, 4) is 0 Å². The van der Waals surface area contributed by atoms with E-state index < -0.39 is 0 Å². The van der Waals surface area contributed by atoms with Crippen LogP contribution in [0.5, 0.6) is 0 Å². The Balaban J connectivity index is 2.47. The van der Waals surface area contributed by atoms with E-state index in [1.54, 1.807) is 6.07 Å². The number of nitrogens with two attached hydrogens (primary N) is 1. The Hall–Kier alpha value is -1.88. The molecule has 5 heteroatoms. The highest BCUT2D eigenvalue weighted by Crippen LogP contribution is 2.21. The second-order valence-electron chi connectivity index (χ2n) is 3.73. The molecule has 0 amide bonds. The number of hydrogen-bond acceptors (Lipinski definition) is 5. The van der Waals surface area contributed by atoms with Gasteiger partial charge in [0.2, 0.25) is 0 Å². The van der Waals surface area contributed by atoms with Crippen LogP contribution in [0, 0.1) is 0 Å². The highest BCUT2D eigenvalue weighted by atomic mass is 16.3. The van der Waals surface area contributed by atoms with Crippen molar-refractivity contribution in [3.63, 3.8) is 0 Å². The molecule has 0 bridgehead atoms. The first-order valence-corrected chi connectivity index (χ1v) is 5.08. The van der Waals surface area contributed by atoms with Gasteiger partial charge in [-0.1, -0.05) is 0 Å². The Morgan fingerprint density at radius 1 is 1.44 bits per heavy atom. The summed E-state index contributed by atoms with van der Waals surface area (Å²) >= 11 is 0. The minimum absolute atomic E-state index is 0.0494. The fourth-order valence-electron chi connectivity index (χ4n) is 1.47. The summed E-state index contributed by atoms with van der Waals surface area (Å²) in [7, 11) is 0. The van der Waals surface area contributed by atoms with E-state index in [2.05, 4.69) is 15.3 Å². The second kappa shape index (κ2) is 4.32. The van der Waals surface area contributed by atoms with Crippen molar-refractivity contribution in [1.82, 2.24) is 9.97 Å². The van der Waals surface area contributed by atoms with E-state index in [1.807, 2.05) is 19.1 Å². The molecule has 0 spiro atoms. The Bertz CT molecular complexity index is 500. The molecule has 0 aliphatic heterocycles. The fraction of sp³-hybridized carbons (Fsp3) is 0.273. The Morgan fingerprint density at radius 3 is 3.00 bits per heavy atom. The van der Waals surface area contributed by atoms with Gasteiger partial charge in [-0.2, -0.15) is 0 Å². The minimum Gasteiger partial charge on any atom is -0.399 e. The third-order valence-corrected chi connectivity index (χ3v) is 2.32. The van der Waals surface area contributed by atoms with Crippen LogP contribution in [-0.2, 0) is 0 Å². The molecule has 5 nitrogen and oxygen atoms in total. The van der Waals surface area contributed by atoms with E-state index in [9.17, 15) is 0 Å². The number of nitrogens with one attached hydrogen (secondary N) is 1. The Kier molecular flexibility index (Phi) is 2.87. The quantitative estimate of drug-likeness (QED) is 0.669. The zero-order chi connectivity index (χ0) is 11.5. The van der Waals surface area contributed by atoms with E-state index in [0.717, 1.165) is 10.9 Å². The van der Waals surface area contributed by atoms with Gasteiger partial charge in [-0.15, -0.1) is 0 Å². The SMILES string of the molecule is CC(CO)Nc1ncnc2ccc(N)cc12. The van der Waals surface area contributed by atoms with Gasteiger partial charge in [-0.05, 0) is 25.1 Å². The third-order valence-electron chi connectivity index (χ3n) is 2.32. The lowest BCUT2D eigenvalue weighted by atomic mass is 10.2. The molecule has 0 saturated carbocycles. The molecule has 0 radical (unpaired) electrons. The molecule has 1 aromatic heterocycles. The maximum Gasteiger partial charge on any atom is 0.137 e. The number of aliphatic hydroxyl groups is 1. The number of rotatable bonds is 3. The standard InChI is InChI=1S/C11H14N4O/c1-7(5-16)15-11-9-4-8(12)2-3-10(9)13-6-14-11/h2-4,6-7,16H,5,12H2,1H3,(H,13,14,15). The molecular formula is C11H14N4O. The van der Waals surface area contributed by atoms with Crippen LogP contribution >= 0.6 is 0 Å². The smallest absolute Gasteiger partial charge is 0.137 e. The zero-order valence-corrected chi connectivity index (χ0v) is 9.01. The van der Waals surface area contributed by atoms with Crippen LogP contribution in [0.25, 0.3) is 10.9 Å². The highest BCUT2D eigenvalue weighted by molar-refractivity contribution is 5.91. The van der Waals surface area contributed by atoms with E-state index in [4.69, 9.17) is 10.8 Å². The number of aromatic nitrogens is 2. The van der Waals surface area contributed by atoms with Gasteiger partial charge in [0.1, 0.15) is 12.1 Å². The molecule has 0 aliphatic rings. The molecule has 4 N–H and O–H groups in total. The average molecular weight is 218 g/mol. The van der Waals surface area contributed by atoms with Crippen LogP contribution in [0.2, 0.25) is 0 Å². The van der Waals surface area contributed by atoms with Crippen LogP contribution in [0.3, 0.4) is 0 Å². The molecular weight excluding hydrogens is 204 g/mol. The van der Waals surface area contributed by atoms with Crippen molar-refractivity contribution < 1.29 is 5.11 Å². The zero-order valence-electron chi connectivity index (χ0n) is 9.01. The van der Waals surface area contributed by atoms with Crippen molar-refractivity contribution >= 4 is 22.4 Å². The summed E-state index contributed by atoms with van der Waals surface area (Å²) < 4.78 is 0. The molecule has 16 heavy (non-hydrogen) atoms. The van der Waals surface area contributed by atoms with E-state index >= 15 is 0 Å². The second-order valence-corrected chi connectivity index (χ2v) is 3.73. The first-order valence-electron chi connectivity index (χ1n) is 5.08. The van der Waals surface area contributed by atoms with Crippen molar-refractivity contribution in [2.24, 2.45) is 0 Å². The van der Waals surface area contributed by atoms with Gasteiger partial charge < -0.3 is 16.2 Å². The van der Waals surface area contributed by atoms with Crippen LogP contribution in [0.1, 0.15) is 6.92 Å². The number of hydrogen-bond donors (Lipinski definition) is 3. The van der Waals surface area contributed by atoms with Crippen LogP contribution in [-0.4, -0.2) is 27.7 Å². The molecule has 1 unspecified atom stereocenters. The average Bonchev–Trinajstić information content (AvgIpc) is 2.29. The lowest BCUT2D eigenvalue weighted by Gasteiger charge is -2.13. The molecule has 0 aliphatic carbocycles. The number of nitrogen functional groups attached to an aromatic ring is 1. The molecule has 2 aromatic rings. The van der Waals surface area contributed by atoms with Crippen molar-refractivity contribution in [2.75, 3.05) is 17.7 Å². The van der Waals surface area contributed by atoms with Crippen LogP contribution in [0.4, 0.5) is 11.5 Å².